The third-order valence-corrected chi connectivity index (χ3v) is 4.46. The van der Waals surface area contributed by atoms with E-state index in [1.165, 1.54) is 18.4 Å². The SMILES string of the molecule is Oc1cccc(CNC(c2ccc3c(c2)OCCO3)C2CC2)c1. The molecule has 1 unspecified atom stereocenters. The number of aromatic hydroxyl groups is 1. The van der Waals surface area contributed by atoms with Crippen molar-refractivity contribution in [3.05, 3.63) is 53.6 Å². The van der Waals surface area contributed by atoms with Gasteiger partial charge in [-0.3, -0.25) is 0 Å². The molecule has 0 bridgehead atoms. The molecule has 4 heteroatoms. The van der Waals surface area contributed by atoms with Gasteiger partial charge in [-0.25, -0.2) is 0 Å². The van der Waals surface area contributed by atoms with E-state index in [1.54, 1.807) is 12.1 Å². The average molecular weight is 311 g/mol. The molecule has 4 nitrogen and oxygen atoms in total. The normalized spacial score (nSPS) is 17.7. The van der Waals surface area contributed by atoms with Gasteiger partial charge in [0, 0.05) is 12.6 Å². The summed E-state index contributed by atoms with van der Waals surface area (Å²) < 4.78 is 11.3. The first-order valence-electron chi connectivity index (χ1n) is 8.20. The zero-order valence-electron chi connectivity index (χ0n) is 13.0. The summed E-state index contributed by atoms with van der Waals surface area (Å²) in [7, 11) is 0. The second-order valence-corrected chi connectivity index (χ2v) is 6.27. The van der Waals surface area contributed by atoms with Crippen LogP contribution in [0.4, 0.5) is 0 Å². The number of nitrogens with one attached hydrogen (secondary N) is 1. The molecular weight excluding hydrogens is 290 g/mol. The molecule has 1 atom stereocenters. The van der Waals surface area contributed by atoms with Crippen LogP contribution >= 0.6 is 0 Å². The fourth-order valence-corrected chi connectivity index (χ4v) is 3.13. The van der Waals surface area contributed by atoms with Gasteiger partial charge in [0.1, 0.15) is 19.0 Å². The summed E-state index contributed by atoms with van der Waals surface area (Å²) in [6, 6.07) is 14.0. The lowest BCUT2D eigenvalue weighted by Crippen LogP contribution is -2.23. The number of phenolic OH excluding ortho intramolecular Hbond substituents is 1. The minimum atomic E-state index is 0.312. The molecule has 2 aliphatic rings. The lowest BCUT2D eigenvalue weighted by Gasteiger charge is -2.23. The fourth-order valence-electron chi connectivity index (χ4n) is 3.13. The van der Waals surface area contributed by atoms with Gasteiger partial charge in [0.15, 0.2) is 11.5 Å². The number of hydrogen-bond donors (Lipinski definition) is 2. The van der Waals surface area contributed by atoms with Gasteiger partial charge >= 0.3 is 0 Å². The highest BCUT2D eigenvalue weighted by atomic mass is 16.6. The van der Waals surface area contributed by atoms with E-state index in [4.69, 9.17) is 9.47 Å². The van der Waals surface area contributed by atoms with Gasteiger partial charge in [0.25, 0.3) is 0 Å². The number of phenols is 1. The molecule has 0 spiro atoms. The largest absolute Gasteiger partial charge is 0.508 e. The van der Waals surface area contributed by atoms with Crippen molar-refractivity contribution in [2.75, 3.05) is 13.2 Å². The predicted octanol–water partition coefficient (Wildman–Crippen LogP) is 3.40. The van der Waals surface area contributed by atoms with E-state index in [9.17, 15) is 5.11 Å². The first-order valence-corrected chi connectivity index (χ1v) is 8.20. The molecule has 1 saturated carbocycles. The predicted molar refractivity (Wildman–Crippen MR) is 87.8 cm³/mol. The summed E-state index contributed by atoms with van der Waals surface area (Å²) in [6.45, 7) is 1.97. The molecule has 0 amide bonds. The van der Waals surface area contributed by atoms with Crippen LogP contribution in [0, 0.1) is 5.92 Å². The molecule has 23 heavy (non-hydrogen) atoms. The van der Waals surface area contributed by atoms with Crippen molar-refractivity contribution in [2.45, 2.75) is 25.4 Å². The zero-order valence-corrected chi connectivity index (χ0v) is 13.0. The van der Waals surface area contributed by atoms with E-state index < -0.39 is 0 Å². The van der Waals surface area contributed by atoms with Gasteiger partial charge in [-0.15, -0.1) is 0 Å². The number of fused-ring (bicyclic) bond motifs is 1. The summed E-state index contributed by atoms with van der Waals surface area (Å²) in [5.41, 5.74) is 2.34. The first-order chi connectivity index (χ1) is 11.3. The summed E-state index contributed by atoms with van der Waals surface area (Å²) in [5.74, 6) is 2.67. The van der Waals surface area contributed by atoms with E-state index in [0.717, 1.165) is 23.6 Å². The van der Waals surface area contributed by atoms with E-state index in [-0.39, 0.29) is 0 Å². The quantitative estimate of drug-likeness (QED) is 0.888. The Morgan fingerprint density at radius 3 is 2.65 bits per heavy atom. The van der Waals surface area contributed by atoms with Crippen molar-refractivity contribution in [1.82, 2.24) is 5.32 Å². The highest BCUT2D eigenvalue weighted by Gasteiger charge is 2.32. The Hall–Kier alpha value is -2.20. The fraction of sp³-hybridized carbons (Fsp3) is 0.368. The van der Waals surface area contributed by atoms with Gasteiger partial charge in [-0.2, -0.15) is 0 Å². The molecule has 2 aromatic carbocycles. The molecule has 2 aromatic rings. The van der Waals surface area contributed by atoms with Gasteiger partial charge in [-0.05, 0) is 54.2 Å². The first kappa shape index (κ1) is 14.4. The highest BCUT2D eigenvalue weighted by molar-refractivity contribution is 5.45. The molecule has 1 aliphatic carbocycles. The standard InChI is InChI=1S/C19H21NO3/c21-16-3-1-2-13(10-16)12-20-19(14-4-5-14)15-6-7-17-18(11-15)23-9-8-22-17/h1-3,6-7,10-11,14,19-21H,4-5,8-9,12H2. The number of rotatable bonds is 5. The number of ether oxygens (including phenoxy) is 2. The maximum Gasteiger partial charge on any atom is 0.161 e. The maximum atomic E-state index is 9.59. The molecule has 1 aliphatic heterocycles. The van der Waals surface area contributed by atoms with Crippen molar-refractivity contribution < 1.29 is 14.6 Å². The van der Waals surface area contributed by atoms with Gasteiger partial charge < -0.3 is 19.9 Å². The van der Waals surface area contributed by atoms with Crippen LogP contribution in [-0.4, -0.2) is 18.3 Å². The van der Waals surface area contributed by atoms with Crippen LogP contribution in [0.2, 0.25) is 0 Å². The summed E-state index contributed by atoms with van der Waals surface area (Å²) in [4.78, 5) is 0. The Morgan fingerprint density at radius 2 is 1.87 bits per heavy atom. The van der Waals surface area contributed by atoms with Crippen LogP contribution in [0.1, 0.15) is 30.0 Å². The Kier molecular flexibility index (Phi) is 3.83. The Labute approximate surface area is 136 Å². The number of benzene rings is 2. The van der Waals surface area contributed by atoms with Crippen LogP contribution in [0.3, 0.4) is 0 Å². The molecule has 0 aromatic heterocycles. The Morgan fingerprint density at radius 1 is 1.04 bits per heavy atom. The summed E-state index contributed by atoms with van der Waals surface area (Å²) >= 11 is 0. The Balaban J connectivity index is 1.51. The molecule has 0 radical (unpaired) electrons. The third kappa shape index (κ3) is 3.27. The number of hydrogen-bond acceptors (Lipinski definition) is 4. The van der Waals surface area contributed by atoms with Crippen LogP contribution in [0.25, 0.3) is 0 Å². The minimum absolute atomic E-state index is 0.312. The smallest absolute Gasteiger partial charge is 0.161 e. The maximum absolute atomic E-state index is 9.59. The van der Waals surface area contributed by atoms with Crippen molar-refractivity contribution >= 4 is 0 Å². The molecule has 2 N–H and O–H groups in total. The highest BCUT2D eigenvalue weighted by Crippen LogP contribution is 2.43. The molecule has 0 saturated heterocycles. The lowest BCUT2D eigenvalue weighted by atomic mass is 10.0. The second kappa shape index (κ2) is 6.13. The van der Waals surface area contributed by atoms with Gasteiger partial charge in [0.05, 0.1) is 0 Å². The Bertz CT molecular complexity index is 697. The molecule has 120 valence electrons. The van der Waals surface area contributed by atoms with Crippen molar-refractivity contribution in [3.63, 3.8) is 0 Å². The molecule has 4 rings (SSSR count). The monoisotopic (exact) mass is 311 g/mol. The molecule has 1 fully saturated rings. The van der Waals surface area contributed by atoms with E-state index in [2.05, 4.69) is 17.4 Å². The summed E-state index contributed by atoms with van der Waals surface area (Å²) in [6.07, 6.45) is 2.51. The van der Waals surface area contributed by atoms with Crippen LogP contribution in [-0.2, 0) is 6.54 Å². The second-order valence-electron chi connectivity index (χ2n) is 6.27. The van der Waals surface area contributed by atoms with Crippen molar-refractivity contribution in [1.29, 1.82) is 0 Å². The van der Waals surface area contributed by atoms with E-state index in [1.807, 2.05) is 18.2 Å². The molecular formula is C19H21NO3. The van der Waals surface area contributed by atoms with Crippen LogP contribution in [0.5, 0.6) is 17.2 Å². The zero-order chi connectivity index (χ0) is 15.6. The van der Waals surface area contributed by atoms with E-state index in [0.29, 0.717) is 30.9 Å². The third-order valence-electron chi connectivity index (χ3n) is 4.46. The van der Waals surface area contributed by atoms with E-state index >= 15 is 0 Å². The lowest BCUT2D eigenvalue weighted by molar-refractivity contribution is 0.171. The van der Waals surface area contributed by atoms with Gasteiger partial charge in [-0.1, -0.05) is 18.2 Å². The van der Waals surface area contributed by atoms with Gasteiger partial charge in [0.2, 0.25) is 0 Å². The summed E-state index contributed by atoms with van der Waals surface area (Å²) in [5, 5.41) is 13.2. The van der Waals surface area contributed by atoms with Crippen LogP contribution < -0.4 is 14.8 Å². The van der Waals surface area contributed by atoms with Crippen molar-refractivity contribution in [3.8, 4) is 17.2 Å². The topological polar surface area (TPSA) is 50.7 Å². The van der Waals surface area contributed by atoms with Crippen LogP contribution in [0.15, 0.2) is 42.5 Å². The molecule has 1 heterocycles. The van der Waals surface area contributed by atoms with Crippen molar-refractivity contribution in [2.24, 2.45) is 5.92 Å². The average Bonchev–Trinajstić information content (AvgIpc) is 3.40. The minimum Gasteiger partial charge on any atom is -0.508 e.